The molecule has 0 spiro atoms. The van der Waals surface area contributed by atoms with Crippen molar-refractivity contribution < 1.29 is 18.7 Å². The Morgan fingerprint density at radius 1 is 1.52 bits per heavy atom. The van der Waals surface area contributed by atoms with Crippen LogP contribution in [0.4, 0.5) is 0 Å². The van der Waals surface area contributed by atoms with Crippen molar-refractivity contribution in [1.82, 2.24) is 9.80 Å². The van der Waals surface area contributed by atoms with E-state index in [0.717, 1.165) is 11.5 Å². The van der Waals surface area contributed by atoms with Gasteiger partial charge in [-0.1, -0.05) is 0 Å². The van der Waals surface area contributed by atoms with E-state index in [-0.39, 0.29) is 24.2 Å². The number of carbonyl (C=O) groups is 2. The summed E-state index contributed by atoms with van der Waals surface area (Å²) in [5.74, 6) is 1.32. The number of nitrogens with zero attached hydrogens (tertiary/aromatic N) is 2. The summed E-state index contributed by atoms with van der Waals surface area (Å²) in [6.45, 7) is 3.81. The highest BCUT2D eigenvalue weighted by Crippen LogP contribution is 2.20. The van der Waals surface area contributed by atoms with Gasteiger partial charge in [0, 0.05) is 33.7 Å². The van der Waals surface area contributed by atoms with E-state index in [1.807, 2.05) is 19.1 Å². The lowest BCUT2D eigenvalue weighted by Gasteiger charge is -2.20. The molecule has 2 amide bonds. The number of rotatable bonds is 6. The molecule has 1 atom stereocenters. The lowest BCUT2D eigenvalue weighted by molar-refractivity contribution is -0.135. The highest BCUT2D eigenvalue weighted by Gasteiger charge is 2.35. The number of hydrogen-bond acceptors (Lipinski definition) is 4. The smallest absolute Gasteiger partial charge is 0.228 e. The number of amides is 2. The van der Waals surface area contributed by atoms with Crippen LogP contribution in [0.1, 0.15) is 17.9 Å². The lowest BCUT2D eigenvalue weighted by Crippen LogP contribution is -2.35. The quantitative estimate of drug-likeness (QED) is 0.786. The van der Waals surface area contributed by atoms with Crippen LogP contribution in [0, 0.1) is 12.8 Å². The molecule has 0 N–H and O–H groups in total. The lowest BCUT2D eigenvalue weighted by atomic mass is 10.1. The molecule has 0 radical (unpaired) electrons. The van der Waals surface area contributed by atoms with Crippen molar-refractivity contribution in [3.05, 3.63) is 23.7 Å². The fraction of sp³-hybridized carbons (Fsp3) is 0.600. The van der Waals surface area contributed by atoms with Crippen LogP contribution in [0.5, 0.6) is 0 Å². The van der Waals surface area contributed by atoms with E-state index in [2.05, 4.69) is 0 Å². The molecule has 1 saturated heterocycles. The van der Waals surface area contributed by atoms with Gasteiger partial charge in [-0.25, -0.2) is 0 Å². The zero-order chi connectivity index (χ0) is 15.4. The number of aryl methyl sites for hydroxylation is 1. The van der Waals surface area contributed by atoms with Crippen molar-refractivity contribution in [2.75, 3.05) is 33.9 Å². The molecule has 0 aromatic carbocycles. The number of likely N-dealkylation sites (tertiary alicyclic amines) is 1. The summed E-state index contributed by atoms with van der Waals surface area (Å²) in [4.78, 5) is 27.6. The molecule has 6 nitrogen and oxygen atoms in total. The number of methoxy groups -OCH3 is 1. The maximum Gasteiger partial charge on any atom is 0.228 e. The second-order valence-corrected chi connectivity index (χ2v) is 5.44. The maximum absolute atomic E-state index is 12.4. The fourth-order valence-electron chi connectivity index (χ4n) is 2.55. The summed E-state index contributed by atoms with van der Waals surface area (Å²) in [7, 11) is 3.34. The average molecular weight is 294 g/mol. The molecule has 2 heterocycles. The van der Waals surface area contributed by atoms with Gasteiger partial charge in [0.25, 0.3) is 0 Å². The Balaban J connectivity index is 1.89. The molecule has 21 heavy (non-hydrogen) atoms. The highest BCUT2D eigenvalue weighted by atomic mass is 16.5. The van der Waals surface area contributed by atoms with Crippen LogP contribution in [-0.4, -0.2) is 55.5 Å². The SMILES string of the molecule is COCCN1C[C@@H](C(=O)N(C)Cc2ccc(C)o2)CC1=O. The van der Waals surface area contributed by atoms with Gasteiger partial charge in [-0.05, 0) is 19.1 Å². The first-order valence-electron chi connectivity index (χ1n) is 7.08. The molecule has 2 rings (SSSR count). The van der Waals surface area contributed by atoms with Gasteiger partial charge < -0.3 is 19.0 Å². The standard InChI is InChI=1S/C15H22N2O4/c1-11-4-5-13(21-11)10-16(2)15(19)12-8-14(18)17(9-12)6-7-20-3/h4-5,12H,6-10H2,1-3H3/t12-/m0/s1. The predicted molar refractivity (Wildman–Crippen MR) is 76.5 cm³/mol. The number of hydrogen-bond donors (Lipinski definition) is 0. The van der Waals surface area contributed by atoms with Crippen LogP contribution < -0.4 is 0 Å². The minimum atomic E-state index is -0.268. The van der Waals surface area contributed by atoms with E-state index < -0.39 is 0 Å². The maximum atomic E-state index is 12.4. The van der Waals surface area contributed by atoms with Gasteiger partial charge >= 0.3 is 0 Å². The molecule has 1 fully saturated rings. The van der Waals surface area contributed by atoms with Gasteiger partial charge in [0.2, 0.25) is 11.8 Å². The first kappa shape index (κ1) is 15.6. The molecule has 1 aliphatic rings. The molecule has 6 heteroatoms. The van der Waals surface area contributed by atoms with Gasteiger partial charge in [-0.2, -0.15) is 0 Å². The Bertz CT molecular complexity index is 512. The first-order valence-corrected chi connectivity index (χ1v) is 7.08. The largest absolute Gasteiger partial charge is 0.464 e. The molecule has 1 aromatic rings. The van der Waals surface area contributed by atoms with Crippen LogP contribution in [-0.2, 0) is 20.9 Å². The van der Waals surface area contributed by atoms with Gasteiger partial charge in [0.05, 0.1) is 19.1 Å². The number of ether oxygens (including phenoxy) is 1. The van der Waals surface area contributed by atoms with Crippen LogP contribution in [0.2, 0.25) is 0 Å². The summed E-state index contributed by atoms with van der Waals surface area (Å²) >= 11 is 0. The third kappa shape index (κ3) is 3.85. The minimum Gasteiger partial charge on any atom is -0.464 e. The van der Waals surface area contributed by atoms with E-state index in [1.165, 1.54) is 0 Å². The van der Waals surface area contributed by atoms with Gasteiger partial charge in [0.1, 0.15) is 11.5 Å². The summed E-state index contributed by atoms with van der Waals surface area (Å²) in [6.07, 6.45) is 0.282. The van der Waals surface area contributed by atoms with Crippen molar-refractivity contribution in [2.45, 2.75) is 19.9 Å². The zero-order valence-corrected chi connectivity index (χ0v) is 12.8. The molecule has 116 valence electrons. The van der Waals surface area contributed by atoms with Crippen molar-refractivity contribution in [2.24, 2.45) is 5.92 Å². The Labute approximate surface area is 124 Å². The van der Waals surface area contributed by atoms with Crippen molar-refractivity contribution in [1.29, 1.82) is 0 Å². The first-order chi connectivity index (χ1) is 10.0. The predicted octanol–water partition coefficient (Wildman–Crippen LogP) is 1.04. The van der Waals surface area contributed by atoms with Gasteiger partial charge in [0.15, 0.2) is 0 Å². The summed E-state index contributed by atoms with van der Waals surface area (Å²) in [6, 6.07) is 3.74. The van der Waals surface area contributed by atoms with Crippen LogP contribution in [0.3, 0.4) is 0 Å². The summed E-state index contributed by atoms with van der Waals surface area (Å²) in [5.41, 5.74) is 0. The zero-order valence-electron chi connectivity index (χ0n) is 12.8. The van der Waals surface area contributed by atoms with Crippen LogP contribution in [0.15, 0.2) is 16.5 Å². The molecular formula is C15H22N2O4. The van der Waals surface area contributed by atoms with Crippen molar-refractivity contribution in [3.63, 3.8) is 0 Å². The number of furan rings is 1. The Morgan fingerprint density at radius 3 is 2.90 bits per heavy atom. The van der Waals surface area contributed by atoms with E-state index in [4.69, 9.17) is 9.15 Å². The van der Waals surface area contributed by atoms with Crippen molar-refractivity contribution >= 4 is 11.8 Å². The molecular weight excluding hydrogens is 272 g/mol. The Kier molecular flexibility index (Phi) is 5.01. The van der Waals surface area contributed by atoms with Crippen LogP contribution >= 0.6 is 0 Å². The molecule has 0 aliphatic carbocycles. The van der Waals surface area contributed by atoms with Crippen LogP contribution in [0.25, 0.3) is 0 Å². The van der Waals surface area contributed by atoms with Crippen molar-refractivity contribution in [3.8, 4) is 0 Å². The van der Waals surface area contributed by atoms with Gasteiger partial charge in [-0.15, -0.1) is 0 Å². The van der Waals surface area contributed by atoms with E-state index >= 15 is 0 Å². The monoisotopic (exact) mass is 294 g/mol. The van der Waals surface area contributed by atoms with E-state index in [9.17, 15) is 9.59 Å². The molecule has 0 saturated carbocycles. The highest BCUT2D eigenvalue weighted by molar-refractivity contribution is 5.89. The molecule has 0 unspecified atom stereocenters. The Hall–Kier alpha value is -1.82. The normalized spacial score (nSPS) is 18.3. The average Bonchev–Trinajstić information content (AvgIpc) is 3.02. The summed E-state index contributed by atoms with van der Waals surface area (Å²) < 4.78 is 10.4. The minimum absolute atomic E-state index is 0.0164. The molecule has 1 aromatic heterocycles. The van der Waals surface area contributed by atoms with Gasteiger partial charge in [-0.3, -0.25) is 9.59 Å². The fourth-order valence-corrected chi connectivity index (χ4v) is 2.55. The van der Waals surface area contributed by atoms with E-state index in [0.29, 0.717) is 26.2 Å². The Morgan fingerprint density at radius 2 is 2.29 bits per heavy atom. The second kappa shape index (κ2) is 6.76. The second-order valence-electron chi connectivity index (χ2n) is 5.44. The number of carbonyl (C=O) groups excluding carboxylic acids is 2. The molecule has 0 bridgehead atoms. The third-order valence-electron chi connectivity index (χ3n) is 3.69. The topological polar surface area (TPSA) is 63.0 Å². The summed E-state index contributed by atoms with van der Waals surface area (Å²) in [5, 5.41) is 0. The van der Waals surface area contributed by atoms with E-state index in [1.54, 1.807) is 24.0 Å². The molecule has 1 aliphatic heterocycles. The third-order valence-corrected chi connectivity index (χ3v) is 3.69.